The molecule has 0 aromatic rings. The quantitative estimate of drug-likeness (QED) is 0.584. The number of hydrogen-bond acceptors (Lipinski definition) is 5. The van der Waals surface area contributed by atoms with Crippen molar-refractivity contribution in [1.82, 2.24) is 0 Å². The van der Waals surface area contributed by atoms with Crippen LogP contribution in [0.5, 0.6) is 0 Å². The summed E-state index contributed by atoms with van der Waals surface area (Å²) >= 11 is 0. The van der Waals surface area contributed by atoms with Crippen LogP contribution in [0.25, 0.3) is 0 Å². The first kappa shape index (κ1) is 15.6. The summed E-state index contributed by atoms with van der Waals surface area (Å²) in [4.78, 5) is 25.7. The lowest BCUT2D eigenvalue weighted by atomic mass is 9.60. The lowest BCUT2D eigenvalue weighted by Gasteiger charge is -2.39. The number of aliphatic hydroxyl groups is 1. The van der Waals surface area contributed by atoms with Crippen molar-refractivity contribution >= 4 is 11.9 Å². The number of rotatable bonds is 1. The molecule has 1 N–H and O–H groups in total. The summed E-state index contributed by atoms with van der Waals surface area (Å²) in [6.45, 7) is 6.06. The fraction of sp³-hybridized carbons (Fsp3) is 0.700. The second-order valence-corrected chi connectivity index (χ2v) is 9.00. The normalized spacial score (nSPS) is 52.4. The maximum absolute atomic E-state index is 13.0. The Kier molecular flexibility index (Phi) is 2.62. The number of hydrogen-bond donors (Lipinski definition) is 1. The predicted molar refractivity (Wildman–Crippen MR) is 88.2 cm³/mol. The van der Waals surface area contributed by atoms with Gasteiger partial charge in [-0.05, 0) is 56.6 Å². The van der Waals surface area contributed by atoms with Crippen molar-refractivity contribution in [3.05, 3.63) is 23.8 Å². The maximum atomic E-state index is 13.0. The van der Waals surface area contributed by atoms with Gasteiger partial charge in [0.05, 0.1) is 24.0 Å². The average Bonchev–Trinajstić information content (AvgIpc) is 2.95. The van der Waals surface area contributed by atoms with Gasteiger partial charge in [0, 0.05) is 11.3 Å². The Bertz CT molecular complexity index is 768. The molecular formula is C20H24O5. The summed E-state index contributed by atoms with van der Waals surface area (Å²) in [5.41, 5.74) is -0.991. The topological polar surface area (TPSA) is 72.8 Å². The minimum absolute atomic E-state index is 0.183. The Hall–Kier alpha value is -1.62. The van der Waals surface area contributed by atoms with Crippen molar-refractivity contribution in [3.63, 3.8) is 0 Å². The summed E-state index contributed by atoms with van der Waals surface area (Å²) in [6.07, 6.45) is 5.98. The van der Waals surface area contributed by atoms with E-state index in [1.54, 1.807) is 0 Å². The maximum Gasteiger partial charge on any atom is 0.313 e. The van der Waals surface area contributed by atoms with Crippen LogP contribution in [0.4, 0.5) is 0 Å². The molecule has 5 nitrogen and oxygen atoms in total. The number of methoxy groups -OCH3 is 1. The monoisotopic (exact) mass is 344 g/mol. The van der Waals surface area contributed by atoms with E-state index in [4.69, 9.17) is 9.47 Å². The highest BCUT2D eigenvalue weighted by Crippen LogP contribution is 2.77. The van der Waals surface area contributed by atoms with Gasteiger partial charge in [-0.3, -0.25) is 9.59 Å². The van der Waals surface area contributed by atoms with Crippen LogP contribution in [0.15, 0.2) is 23.8 Å². The number of carbonyl (C=O) groups excluding carboxylic acids is 2. The molecule has 1 heterocycles. The molecule has 1 saturated heterocycles. The average molecular weight is 344 g/mol. The highest BCUT2D eigenvalue weighted by atomic mass is 16.6. The van der Waals surface area contributed by atoms with Crippen molar-refractivity contribution < 1.29 is 24.2 Å². The van der Waals surface area contributed by atoms with Gasteiger partial charge in [0.15, 0.2) is 0 Å². The number of ether oxygens (including phenoxy) is 2. The minimum atomic E-state index is -0.954. The second kappa shape index (κ2) is 4.20. The lowest BCUT2D eigenvalue weighted by Crippen LogP contribution is -2.46. The van der Waals surface area contributed by atoms with Crippen LogP contribution in [-0.4, -0.2) is 35.4 Å². The molecule has 4 aliphatic carbocycles. The summed E-state index contributed by atoms with van der Waals surface area (Å²) in [5.74, 6) is -1.15. The first-order valence-electron chi connectivity index (χ1n) is 9.17. The molecule has 0 aromatic carbocycles. The molecule has 134 valence electrons. The van der Waals surface area contributed by atoms with E-state index in [9.17, 15) is 14.7 Å². The summed E-state index contributed by atoms with van der Waals surface area (Å²) in [5, 5.41) is 11.0. The second-order valence-electron chi connectivity index (χ2n) is 9.00. The molecule has 5 aliphatic rings. The number of carbonyl (C=O) groups is 2. The summed E-state index contributed by atoms with van der Waals surface area (Å²) < 4.78 is 11.3. The fourth-order valence-corrected chi connectivity index (χ4v) is 7.09. The van der Waals surface area contributed by atoms with Gasteiger partial charge in [0.25, 0.3) is 0 Å². The molecule has 25 heavy (non-hydrogen) atoms. The third kappa shape index (κ3) is 1.44. The van der Waals surface area contributed by atoms with Crippen LogP contribution in [-0.2, 0) is 19.1 Å². The Morgan fingerprint density at radius 2 is 2.20 bits per heavy atom. The summed E-state index contributed by atoms with van der Waals surface area (Å²) in [6, 6.07) is 0. The van der Waals surface area contributed by atoms with Crippen LogP contribution in [0.2, 0.25) is 0 Å². The van der Waals surface area contributed by atoms with Gasteiger partial charge in [-0.15, -0.1) is 0 Å². The standard InChI is InChI=1S/C20H24O5/c1-11-9-18-10-19(11,23)8-5-12(18)20-7-4-6-17(2,16(22)25-20)14(20)13(18)15(21)24-3/h5,13-14,23H,1,4,6-10H2,2-3H3. The lowest BCUT2D eigenvalue weighted by molar-refractivity contribution is -0.154. The molecule has 3 saturated carbocycles. The van der Waals surface area contributed by atoms with Crippen LogP contribution in [0.1, 0.15) is 45.4 Å². The number of fused-ring (bicyclic) bond motifs is 1. The molecule has 6 unspecified atom stereocenters. The Balaban J connectivity index is 1.79. The van der Waals surface area contributed by atoms with Crippen LogP contribution in [0, 0.1) is 22.7 Å². The molecule has 5 heteroatoms. The van der Waals surface area contributed by atoms with Gasteiger partial charge in [0.1, 0.15) is 5.60 Å². The van der Waals surface area contributed by atoms with Gasteiger partial charge in [-0.1, -0.05) is 12.7 Å². The highest BCUT2D eigenvalue weighted by molar-refractivity contribution is 5.87. The Morgan fingerprint density at radius 1 is 1.44 bits per heavy atom. The van der Waals surface area contributed by atoms with Crippen LogP contribution < -0.4 is 0 Å². The van der Waals surface area contributed by atoms with E-state index in [2.05, 4.69) is 6.58 Å². The van der Waals surface area contributed by atoms with Crippen LogP contribution >= 0.6 is 0 Å². The van der Waals surface area contributed by atoms with Gasteiger partial charge < -0.3 is 14.6 Å². The van der Waals surface area contributed by atoms with E-state index in [-0.39, 0.29) is 17.9 Å². The van der Waals surface area contributed by atoms with E-state index >= 15 is 0 Å². The van der Waals surface area contributed by atoms with E-state index in [1.807, 2.05) is 13.0 Å². The fourth-order valence-electron chi connectivity index (χ4n) is 7.09. The number of esters is 2. The molecular weight excluding hydrogens is 320 g/mol. The minimum Gasteiger partial charge on any atom is -0.469 e. The third-order valence-corrected chi connectivity index (χ3v) is 7.99. The smallest absolute Gasteiger partial charge is 0.313 e. The van der Waals surface area contributed by atoms with Gasteiger partial charge in [0.2, 0.25) is 0 Å². The first-order chi connectivity index (χ1) is 11.7. The molecule has 4 fully saturated rings. The largest absolute Gasteiger partial charge is 0.469 e. The zero-order valence-corrected chi connectivity index (χ0v) is 14.8. The summed E-state index contributed by atoms with van der Waals surface area (Å²) in [7, 11) is 1.40. The molecule has 1 aliphatic heterocycles. The molecule has 6 atom stereocenters. The predicted octanol–water partition coefficient (Wildman–Crippen LogP) is 2.29. The molecule has 1 spiro atoms. The van der Waals surface area contributed by atoms with Crippen molar-refractivity contribution in [2.45, 2.75) is 56.7 Å². The van der Waals surface area contributed by atoms with Crippen LogP contribution in [0.3, 0.4) is 0 Å². The first-order valence-corrected chi connectivity index (χ1v) is 9.17. The molecule has 4 bridgehead atoms. The van der Waals surface area contributed by atoms with Crippen molar-refractivity contribution in [2.24, 2.45) is 22.7 Å². The van der Waals surface area contributed by atoms with Crippen molar-refractivity contribution in [3.8, 4) is 0 Å². The van der Waals surface area contributed by atoms with Gasteiger partial charge in [-0.25, -0.2) is 0 Å². The zero-order chi connectivity index (χ0) is 17.8. The zero-order valence-electron chi connectivity index (χ0n) is 14.8. The van der Waals surface area contributed by atoms with E-state index < -0.39 is 27.9 Å². The van der Waals surface area contributed by atoms with Gasteiger partial charge >= 0.3 is 11.9 Å². The SMILES string of the molecule is C=C1CC23CC1(O)CC=C2C12CCCC(C)(C(=O)O1)C2C3C(=O)OC. The van der Waals surface area contributed by atoms with E-state index in [0.29, 0.717) is 19.3 Å². The van der Waals surface area contributed by atoms with Crippen molar-refractivity contribution in [2.75, 3.05) is 7.11 Å². The molecule has 0 aromatic heterocycles. The van der Waals surface area contributed by atoms with Gasteiger partial charge in [-0.2, -0.15) is 0 Å². The highest BCUT2D eigenvalue weighted by Gasteiger charge is 2.81. The van der Waals surface area contributed by atoms with Crippen molar-refractivity contribution in [1.29, 1.82) is 0 Å². The molecule has 0 radical (unpaired) electrons. The van der Waals surface area contributed by atoms with E-state index in [1.165, 1.54) is 7.11 Å². The third-order valence-electron chi connectivity index (χ3n) is 7.99. The van der Waals surface area contributed by atoms with E-state index in [0.717, 1.165) is 30.4 Å². The Labute approximate surface area is 147 Å². The Morgan fingerprint density at radius 3 is 2.92 bits per heavy atom. The molecule has 0 amide bonds. The molecule has 5 rings (SSSR count).